The van der Waals surface area contributed by atoms with E-state index in [1.54, 1.807) is 19.4 Å². The van der Waals surface area contributed by atoms with Crippen molar-refractivity contribution in [2.24, 2.45) is 0 Å². The summed E-state index contributed by atoms with van der Waals surface area (Å²) in [6.45, 7) is 0.0321. The molecule has 18 heavy (non-hydrogen) atoms. The second-order valence-electron chi connectivity index (χ2n) is 3.69. The van der Waals surface area contributed by atoms with Gasteiger partial charge in [-0.05, 0) is 6.07 Å². The number of halogens is 3. The molecule has 0 saturated carbocycles. The Bertz CT molecular complexity index is 533. The molecule has 1 N–H and O–H groups in total. The zero-order valence-corrected chi connectivity index (χ0v) is 9.57. The molecule has 4 nitrogen and oxygen atoms in total. The van der Waals surface area contributed by atoms with Crippen LogP contribution in [0.3, 0.4) is 0 Å². The third-order valence-corrected chi connectivity index (χ3v) is 2.41. The first kappa shape index (κ1) is 12.4. The van der Waals surface area contributed by atoms with Crippen LogP contribution in [0.25, 0.3) is 0 Å². The molecule has 0 saturated heterocycles. The first-order valence-electron chi connectivity index (χ1n) is 5.22. The molecule has 7 heteroatoms. The Morgan fingerprint density at radius 2 is 2.17 bits per heavy atom. The van der Waals surface area contributed by atoms with Crippen LogP contribution in [-0.2, 0) is 12.7 Å². The van der Waals surface area contributed by atoms with E-state index in [4.69, 9.17) is 0 Å². The highest BCUT2D eigenvalue weighted by Gasteiger charge is 2.34. The lowest BCUT2D eigenvalue weighted by Gasteiger charge is -2.11. The van der Waals surface area contributed by atoms with Crippen LogP contribution in [-0.4, -0.2) is 21.8 Å². The van der Waals surface area contributed by atoms with Crippen LogP contribution >= 0.6 is 0 Å². The zero-order chi connectivity index (χ0) is 13.2. The Morgan fingerprint density at radius 1 is 1.39 bits per heavy atom. The maximum absolute atomic E-state index is 12.7. The number of aromatic nitrogens is 3. The number of rotatable bonds is 3. The molecule has 0 fully saturated rings. The minimum atomic E-state index is -4.45. The predicted octanol–water partition coefficient (Wildman–Crippen LogP) is 2.39. The molecule has 96 valence electrons. The summed E-state index contributed by atoms with van der Waals surface area (Å²) in [5, 5.41) is 6.82. The second kappa shape index (κ2) is 4.67. The van der Waals surface area contributed by atoms with Crippen molar-refractivity contribution < 1.29 is 13.2 Å². The fourth-order valence-corrected chi connectivity index (χ4v) is 1.58. The molecule has 0 unspecified atom stereocenters. The van der Waals surface area contributed by atoms with E-state index >= 15 is 0 Å². The van der Waals surface area contributed by atoms with Gasteiger partial charge in [0.15, 0.2) is 0 Å². The van der Waals surface area contributed by atoms with E-state index in [0.29, 0.717) is 0 Å². The van der Waals surface area contributed by atoms with Gasteiger partial charge in [0, 0.05) is 25.0 Å². The van der Waals surface area contributed by atoms with Gasteiger partial charge in [0.1, 0.15) is 5.69 Å². The molecule has 2 aromatic rings. The molecule has 0 spiro atoms. The standard InChI is InChI=1S/C11H11F3N4/c1-15-9-5-17-18(7-9)6-8-3-2-4-16-10(8)11(12,13)14/h2-5,7,15H,6H2,1H3. The molecular weight excluding hydrogens is 245 g/mol. The smallest absolute Gasteiger partial charge is 0.386 e. The summed E-state index contributed by atoms with van der Waals surface area (Å²) in [6, 6.07) is 2.88. The Kier molecular flexibility index (Phi) is 3.22. The normalized spacial score (nSPS) is 11.6. The monoisotopic (exact) mass is 256 g/mol. The van der Waals surface area contributed by atoms with Crippen molar-refractivity contribution in [1.82, 2.24) is 14.8 Å². The summed E-state index contributed by atoms with van der Waals surface area (Å²) in [5.74, 6) is 0. The van der Waals surface area contributed by atoms with Crippen LogP contribution in [0.5, 0.6) is 0 Å². The lowest BCUT2D eigenvalue weighted by molar-refractivity contribution is -0.141. The predicted molar refractivity (Wildman–Crippen MR) is 60.1 cm³/mol. The Balaban J connectivity index is 2.29. The molecule has 0 atom stereocenters. The first-order chi connectivity index (χ1) is 8.50. The number of hydrogen-bond acceptors (Lipinski definition) is 3. The van der Waals surface area contributed by atoms with E-state index in [1.165, 1.54) is 16.8 Å². The van der Waals surface area contributed by atoms with Crippen LogP contribution < -0.4 is 5.32 Å². The van der Waals surface area contributed by atoms with Gasteiger partial charge in [-0.1, -0.05) is 6.07 Å². The number of nitrogens with zero attached hydrogens (tertiary/aromatic N) is 3. The summed E-state index contributed by atoms with van der Waals surface area (Å²) in [6.07, 6.45) is -0.138. The van der Waals surface area contributed by atoms with Gasteiger partial charge in [-0.2, -0.15) is 18.3 Å². The number of anilines is 1. The van der Waals surface area contributed by atoms with E-state index in [1.807, 2.05) is 0 Å². The fourth-order valence-electron chi connectivity index (χ4n) is 1.58. The lowest BCUT2D eigenvalue weighted by Crippen LogP contribution is -2.14. The highest BCUT2D eigenvalue weighted by Crippen LogP contribution is 2.30. The van der Waals surface area contributed by atoms with Crippen molar-refractivity contribution in [3.8, 4) is 0 Å². The summed E-state index contributed by atoms with van der Waals surface area (Å²) in [4.78, 5) is 3.39. The van der Waals surface area contributed by atoms with Gasteiger partial charge in [-0.15, -0.1) is 0 Å². The van der Waals surface area contributed by atoms with Gasteiger partial charge in [0.2, 0.25) is 0 Å². The Morgan fingerprint density at radius 3 is 2.78 bits per heavy atom. The van der Waals surface area contributed by atoms with E-state index in [2.05, 4.69) is 15.4 Å². The average molecular weight is 256 g/mol. The summed E-state index contributed by atoms with van der Waals surface area (Å²) in [5.41, 5.74) is -0.0327. The summed E-state index contributed by atoms with van der Waals surface area (Å²) in [7, 11) is 1.71. The van der Waals surface area contributed by atoms with E-state index in [-0.39, 0.29) is 12.1 Å². The lowest BCUT2D eigenvalue weighted by atomic mass is 10.2. The maximum Gasteiger partial charge on any atom is 0.433 e. The second-order valence-corrected chi connectivity index (χ2v) is 3.69. The van der Waals surface area contributed by atoms with Gasteiger partial charge in [-0.3, -0.25) is 9.67 Å². The van der Waals surface area contributed by atoms with Gasteiger partial charge in [0.25, 0.3) is 0 Å². The summed E-state index contributed by atoms with van der Waals surface area (Å²) < 4.78 is 39.6. The van der Waals surface area contributed by atoms with Crippen molar-refractivity contribution in [2.75, 3.05) is 12.4 Å². The molecule has 2 aromatic heterocycles. The molecule has 2 heterocycles. The molecule has 0 aliphatic heterocycles. The Labute approximate surface area is 101 Å². The van der Waals surface area contributed by atoms with Crippen molar-refractivity contribution in [3.05, 3.63) is 42.0 Å². The van der Waals surface area contributed by atoms with Crippen LogP contribution in [0.4, 0.5) is 18.9 Å². The zero-order valence-electron chi connectivity index (χ0n) is 9.57. The first-order valence-corrected chi connectivity index (χ1v) is 5.22. The van der Waals surface area contributed by atoms with E-state index in [0.717, 1.165) is 11.9 Å². The number of pyridine rings is 1. The molecule has 0 aromatic carbocycles. The van der Waals surface area contributed by atoms with E-state index in [9.17, 15) is 13.2 Å². The third-order valence-electron chi connectivity index (χ3n) is 2.41. The molecular formula is C11H11F3N4. The quantitative estimate of drug-likeness (QED) is 0.916. The molecule has 0 aliphatic rings. The van der Waals surface area contributed by atoms with Crippen molar-refractivity contribution in [3.63, 3.8) is 0 Å². The minimum absolute atomic E-state index is 0.0321. The molecule has 0 bridgehead atoms. The topological polar surface area (TPSA) is 42.7 Å². The summed E-state index contributed by atoms with van der Waals surface area (Å²) >= 11 is 0. The van der Waals surface area contributed by atoms with Crippen molar-refractivity contribution >= 4 is 5.69 Å². The van der Waals surface area contributed by atoms with Crippen molar-refractivity contribution in [2.45, 2.75) is 12.7 Å². The van der Waals surface area contributed by atoms with Gasteiger partial charge in [0.05, 0.1) is 18.4 Å². The number of alkyl halides is 3. The van der Waals surface area contributed by atoms with Crippen LogP contribution in [0, 0.1) is 0 Å². The van der Waals surface area contributed by atoms with E-state index < -0.39 is 11.9 Å². The van der Waals surface area contributed by atoms with Crippen LogP contribution in [0.1, 0.15) is 11.3 Å². The number of nitrogens with one attached hydrogen (secondary N) is 1. The average Bonchev–Trinajstić information content (AvgIpc) is 2.76. The fraction of sp³-hybridized carbons (Fsp3) is 0.273. The van der Waals surface area contributed by atoms with Crippen molar-refractivity contribution in [1.29, 1.82) is 0 Å². The van der Waals surface area contributed by atoms with Crippen LogP contribution in [0.2, 0.25) is 0 Å². The molecule has 2 rings (SSSR count). The number of hydrogen-bond donors (Lipinski definition) is 1. The van der Waals surface area contributed by atoms with Crippen LogP contribution in [0.15, 0.2) is 30.7 Å². The van der Waals surface area contributed by atoms with Gasteiger partial charge in [-0.25, -0.2) is 0 Å². The van der Waals surface area contributed by atoms with Gasteiger partial charge >= 0.3 is 6.18 Å². The highest BCUT2D eigenvalue weighted by molar-refractivity contribution is 5.37. The third kappa shape index (κ3) is 2.61. The largest absolute Gasteiger partial charge is 0.433 e. The molecule has 0 amide bonds. The Hall–Kier alpha value is -2.05. The molecule has 0 radical (unpaired) electrons. The van der Waals surface area contributed by atoms with Gasteiger partial charge < -0.3 is 5.32 Å². The highest BCUT2D eigenvalue weighted by atomic mass is 19.4. The molecule has 0 aliphatic carbocycles. The maximum atomic E-state index is 12.7. The SMILES string of the molecule is CNc1cnn(Cc2cccnc2C(F)(F)F)c1. The minimum Gasteiger partial charge on any atom is -0.386 e.